The van der Waals surface area contributed by atoms with Gasteiger partial charge in [0.15, 0.2) is 0 Å². The number of hydrogen-bond acceptors (Lipinski definition) is 2. The van der Waals surface area contributed by atoms with E-state index in [-0.39, 0.29) is 6.61 Å². The minimum Gasteiger partial charge on any atom is -0.390 e. The molecule has 72 valence electrons. The van der Waals surface area contributed by atoms with Crippen LogP contribution in [0.1, 0.15) is 37.0 Å². The average Bonchev–Trinajstić information content (AvgIpc) is 2.56. The predicted molar refractivity (Wildman–Crippen MR) is 50.5 cm³/mol. The van der Waals surface area contributed by atoms with Crippen molar-refractivity contribution < 1.29 is 5.11 Å². The normalized spacial score (nSPS) is 15.8. The zero-order valence-corrected chi connectivity index (χ0v) is 8.08. The molecule has 3 heteroatoms. The Kier molecular flexibility index (Phi) is 2.36. The molecule has 0 fully saturated rings. The summed E-state index contributed by atoms with van der Waals surface area (Å²) < 4.78 is 2.29. The van der Waals surface area contributed by atoms with E-state index in [2.05, 4.69) is 16.5 Å². The fourth-order valence-electron chi connectivity index (χ4n) is 2.09. The number of aliphatic hydroxyl groups excluding tert-OH is 1. The molecule has 0 spiro atoms. The molecule has 1 N–H and O–H groups in total. The van der Waals surface area contributed by atoms with Crippen molar-refractivity contribution in [2.75, 3.05) is 0 Å². The van der Waals surface area contributed by atoms with Gasteiger partial charge in [0.25, 0.3) is 0 Å². The summed E-state index contributed by atoms with van der Waals surface area (Å²) >= 11 is 0. The first-order valence-corrected chi connectivity index (χ1v) is 5.04. The molecule has 0 aliphatic carbocycles. The second-order valence-corrected chi connectivity index (χ2v) is 3.54. The van der Waals surface area contributed by atoms with E-state index in [0.29, 0.717) is 0 Å². The molecule has 0 saturated heterocycles. The van der Waals surface area contributed by atoms with Gasteiger partial charge in [0.1, 0.15) is 5.82 Å². The van der Waals surface area contributed by atoms with Crippen LogP contribution in [-0.2, 0) is 26.0 Å². The van der Waals surface area contributed by atoms with Crippen LogP contribution in [0.15, 0.2) is 0 Å². The number of aromatic nitrogens is 2. The van der Waals surface area contributed by atoms with Gasteiger partial charge in [0, 0.05) is 18.7 Å². The molecule has 0 saturated carbocycles. The van der Waals surface area contributed by atoms with Crippen LogP contribution in [-0.4, -0.2) is 14.7 Å². The Hall–Kier alpha value is -0.830. The Bertz CT molecular complexity index is 276. The molecule has 0 bridgehead atoms. The van der Waals surface area contributed by atoms with Crippen LogP contribution in [0.4, 0.5) is 0 Å². The first kappa shape index (κ1) is 8.75. The molecule has 2 heterocycles. The van der Waals surface area contributed by atoms with Crippen LogP contribution >= 0.6 is 0 Å². The predicted octanol–water partition coefficient (Wildman–Crippen LogP) is 1.27. The Morgan fingerprint density at radius 2 is 2.31 bits per heavy atom. The highest BCUT2D eigenvalue weighted by Gasteiger charge is 2.17. The van der Waals surface area contributed by atoms with Gasteiger partial charge in [-0.3, -0.25) is 0 Å². The molecule has 3 nitrogen and oxygen atoms in total. The molecule has 13 heavy (non-hydrogen) atoms. The molecule has 0 radical (unpaired) electrons. The summed E-state index contributed by atoms with van der Waals surface area (Å²) in [5.41, 5.74) is 2.17. The van der Waals surface area contributed by atoms with Crippen molar-refractivity contribution in [3.8, 4) is 0 Å². The summed E-state index contributed by atoms with van der Waals surface area (Å²) in [6.07, 6.45) is 4.54. The molecule has 2 rings (SSSR count). The largest absolute Gasteiger partial charge is 0.390 e. The highest BCUT2D eigenvalue weighted by molar-refractivity contribution is 5.18. The van der Waals surface area contributed by atoms with Crippen molar-refractivity contribution in [1.82, 2.24) is 9.55 Å². The third kappa shape index (κ3) is 1.37. The molecule has 0 amide bonds. The van der Waals surface area contributed by atoms with Gasteiger partial charge in [0.2, 0.25) is 0 Å². The summed E-state index contributed by atoms with van der Waals surface area (Å²) in [7, 11) is 0. The maximum absolute atomic E-state index is 9.13. The summed E-state index contributed by atoms with van der Waals surface area (Å²) in [6, 6.07) is 0. The van der Waals surface area contributed by atoms with E-state index < -0.39 is 0 Å². The van der Waals surface area contributed by atoms with E-state index in [4.69, 9.17) is 5.11 Å². The maximum atomic E-state index is 9.13. The van der Waals surface area contributed by atoms with Crippen LogP contribution in [0.2, 0.25) is 0 Å². The second-order valence-electron chi connectivity index (χ2n) is 3.54. The van der Waals surface area contributed by atoms with Gasteiger partial charge in [0.05, 0.1) is 12.3 Å². The minimum atomic E-state index is 0.0926. The fraction of sp³-hybridized carbons (Fsp3) is 0.700. The molecule has 1 aromatic heterocycles. The van der Waals surface area contributed by atoms with E-state index in [9.17, 15) is 0 Å². The Balaban J connectivity index is 2.44. The monoisotopic (exact) mass is 180 g/mol. The summed E-state index contributed by atoms with van der Waals surface area (Å²) in [6.45, 7) is 3.30. The van der Waals surface area contributed by atoms with E-state index in [1.165, 1.54) is 18.5 Å². The number of fused-ring (bicyclic) bond motifs is 1. The van der Waals surface area contributed by atoms with Gasteiger partial charge in [-0.05, 0) is 19.3 Å². The number of rotatable bonds is 2. The average molecular weight is 180 g/mol. The van der Waals surface area contributed by atoms with Crippen molar-refractivity contribution in [3.63, 3.8) is 0 Å². The van der Waals surface area contributed by atoms with Crippen molar-refractivity contribution >= 4 is 0 Å². The molecule has 0 atom stereocenters. The number of aliphatic hydroxyl groups is 1. The molecule has 0 unspecified atom stereocenters. The quantitative estimate of drug-likeness (QED) is 0.744. The van der Waals surface area contributed by atoms with Crippen molar-refractivity contribution in [2.24, 2.45) is 0 Å². The van der Waals surface area contributed by atoms with Gasteiger partial charge in [-0.1, -0.05) is 6.92 Å². The smallest absolute Gasteiger partial charge is 0.109 e. The molecule has 0 aromatic carbocycles. The maximum Gasteiger partial charge on any atom is 0.109 e. The SMILES string of the molecule is CCc1nc(CO)c2n1CCCC2. The number of imidazole rings is 1. The van der Waals surface area contributed by atoms with Crippen LogP contribution in [0.5, 0.6) is 0 Å². The lowest BCUT2D eigenvalue weighted by Gasteiger charge is -2.16. The third-order valence-corrected chi connectivity index (χ3v) is 2.75. The van der Waals surface area contributed by atoms with Gasteiger partial charge < -0.3 is 9.67 Å². The zero-order valence-electron chi connectivity index (χ0n) is 8.08. The zero-order chi connectivity index (χ0) is 9.26. The lowest BCUT2D eigenvalue weighted by atomic mass is 10.1. The minimum absolute atomic E-state index is 0.0926. The van der Waals surface area contributed by atoms with Gasteiger partial charge in [-0.25, -0.2) is 4.98 Å². The number of nitrogens with zero attached hydrogens (tertiary/aromatic N) is 2. The summed E-state index contributed by atoms with van der Waals surface area (Å²) in [5.74, 6) is 1.14. The van der Waals surface area contributed by atoms with Gasteiger partial charge >= 0.3 is 0 Å². The molecular formula is C10H16N2O. The first-order chi connectivity index (χ1) is 6.36. The molecule has 1 aliphatic heterocycles. The standard InChI is InChI=1S/C10H16N2O/c1-2-10-11-8(7-13)9-5-3-4-6-12(9)10/h13H,2-7H2,1H3. The Morgan fingerprint density at radius 3 is 3.00 bits per heavy atom. The number of hydrogen-bond donors (Lipinski definition) is 1. The first-order valence-electron chi connectivity index (χ1n) is 5.04. The van der Waals surface area contributed by atoms with Gasteiger partial charge in [-0.15, -0.1) is 0 Å². The number of aryl methyl sites for hydroxylation is 1. The summed E-state index contributed by atoms with van der Waals surface area (Å²) in [5, 5.41) is 9.13. The fourth-order valence-corrected chi connectivity index (χ4v) is 2.09. The van der Waals surface area contributed by atoms with Crippen molar-refractivity contribution in [3.05, 3.63) is 17.2 Å². The lowest BCUT2D eigenvalue weighted by molar-refractivity contribution is 0.275. The molecule has 1 aromatic rings. The van der Waals surface area contributed by atoms with Crippen LogP contribution < -0.4 is 0 Å². The second kappa shape index (κ2) is 3.50. The topological polar surface area (TPSA) is 38.1 Å². The van der Waals surface area contributed by atoms with Crippen LogP contribution in [0.25, 0.3) is 0 Å². The highest BCUT2D eigenvalue weighted by atomic mass is 16.3. The van der Waals surface area contributed by atoms with E-state index in [0.717, 1.165) is 30.9 Å². The highest BCUT2D eigenvalue weighted by Crippen LogP contribution is 2.21. The Labute approximate surface area is 78.4 Å². The van der Waals surface area contributed by atoms with Crippen molar-refractivity contribution in [1.29, 1.82) is 0 Å². The Morgan fingerprint density at radius 1 is 1.46 bits per heavy atom. The van der Waals surface area contributed by atoms with E-state index in [1.807, 2.05) is 0 Å². The summed E-state index contributed by atoms with van der Waals surface area (Å²) in [4.78, 5) is 4.44. The van der Waals surface area contributed by atoms with E-state index >= 15 is 0 Å². The van der Waals surface area contributed by atoms with Crippen LogP contribution in [0, 0.1) is 0 Å². The van der Waals surface area contributed by atoms with E-state index in [1.54, 1.807) is 0 Å². The van der Waals surface area contributed by atoms with Gasteiger partial charge in [-0.2, -0.15) is 0 Å². The third-order valence-electron chi connectivity index (χ3n) is 2.75. The molecule has 1 aliphatic rings. The lowest BCUT2D eigenvalue weighted by Crippen LogP contribution is -2.13. The van der Waals surface area contributed by atoms with Crippen molar-refractivity contribution in [2.45, 2.75) is 45.8 Å². The molecular weight excluding hydrogens is 164 g/mol. The van der Waals surface area contributed by atoms with Crippen LogP contribution in [0.3, 0.4) is 0 Å².